The van der Waals surface area contributed by atoms with Crippen LogP contribution in [0.15, 0.2) is 0 Å². The van der Waals surface area contributed by atoms with Crippen LogP contribution in [0.2, 0.25) is 0 Å². The van der Waals surface area contributed by atoms with Crippen LogP contribution in [0, 0.1) is 11.3 Å². The van der Waals surface area contributed by atoms with Gasteiger partial charge in [0.05, 0.1) is 6.42 Å². The van der Waals surface area contributed by atoms with E-state index in [4.69, 9.17) is 5.11 Å². The van der Waals surface area contributed by atoms with Crippen LogP contribution >= 0.6 is 0 Å². The number of rotatable bonds is 5. The van der Waals surface area contributed by atoms with E-state index >= 15 is 0 Å². The van der Waals surface area contributed by atoms with Crippen molar-refractivity contribution in [3.8, 4) is 0 Å². The monoisotopic (exact) mass is 255 g/mol. The first kappa shape index (κ1) is 15.0. The van der Waals surface area contributed by atoms with Crippen LogP contribution in [-0.2, 0) is 9.59 Å². The number of aliphatic carboxylic acids is 1. The predicted octanol–water partition coefficient (Wildman–Crippen LogP) is 2.57. The highest BCUT2D eigenvalue weighted by Gasteiger charge is 2.27. The van der Waals surface area contributed by atoms with Crippen molar-refractivity contribution in [2.45, 2.75) is 65.3 Å². The maximum atomic E-state index is 12.0. The molecule has 1 rings (SSSR count). The van der Waals surface area contributed by atoms with Gasteiger partial charge in [-0.05, 0) is 24.7 Å². The molecule has 1 atom stereocenters. The van der Waals surface area contributed by atoms with E-state index in [1.165, 1.54) is 0 Å². The Balaban J connectivity index is 2.53. The van der Waals surface area contributed by atoms with Crippen molar-refractivity contribution in [2.24, 2.45) is 11.3 Å². The lowest BCUT2D eigenvalue weighted by atomic mass is 9.86. The number of carbonyl (C=O) groups excluding carboxylic acids is 1. The smallest absolute Gasteiger partial charge is 0.305 e. The standard InChI is InChI=1S/C14H25NO3/c1-14(2,3)9-11(8-12(16)17)15-13(18)10-6-4-5-7-10/h10-11H,4-9H2,1-3H3,(H,15,18)(H,16,17). The van der Waals surface area contributed by atoms with Gasteiger partial charge in [0.25, 0.3) is 0 Å². The summed E-state index contributed by atoms with van der Waals surface area (Å²) in [4.78, 5) is 22.9. The predicted molar refractivity (Wildman–Crippen MR) is 70.2 cm³/mol. The molecule has 0 aromatic carbocycles. The van der Waals surface area contributed by atoms with Crippen molar-refractivity contribution >= 4 is 11.9 Å². The Morgan fingerprint density at radius 2 is 1.83 bits per heavy atom. The SMILES string of the molecule is CC(C)(C)CC(CC(=O)O)NC(=O)C1CCCC1. The minimum Gasteiger partial charge on any atom is -0.481 e. The van der Waals surface area contributed by atoms with Crippen LogP contribution in [0.1, 0.15) is 59.3 Å². The topological polar surface area (TPSA) is 66.4 Å². The summed E-state index contributed by atoms with van der Waals surface area (Å²) in [6.45, 7) is 6.18. The number of carboxylic acid groups (broad SMARTS) is 1. The molecular formula is C14H25NO3. The zero-order valence-corrected chi connectivity index (χ0v) is 11.7. The molecule has 2 N–H and O–H groups in total. The second-order valence-corrected chi connectivity index (χ2v) is 6.55. The molecule has 1 aliphatic rings. The molecule has 4 nitrogen and oxygen atoms in total. The van der Waals surface area contributed by atoms with Crippen LogP contribution < -0.4 is 5.32 Å². The van der Waals surface area contributed by atoms with Crippen molar-refractivity contribution in [2.75, 3.05) is 0 Å². The number of amides is 1. The van der Waals surface area contributed by atoms with Crippen LogP contribution in [0.25, 0.3) is 0 Å². The van der Waals surface area contributed by atoms with Crippen LogP contribution in [0.5, 0.6) is 0 Å². The molecule has 0 aliphatic heterocycles. The third kappa shape index (κ3) is 5.52. The van der Waals surface area contributed by atoms with Gasteiger partial charge < -0.3 is 10.4 Å². The summed E-state index contributed by atoms with van der Waals surface area (Å²) in [5, 5.41) is 11.8. The summed E-state index contributed by atoms with van der Waals surface area (Å²) in [5.41, 5.74) is 0.0169. The summed E-state index contributed by atoms with van der Waals surface area (Å²) in [7, 11) is 0. The lowest BCUT2D eigenvalue weighted by molar-refractivity contribution is -0.138. The Hall–Kier alpha value is -1.06. The van der Waals surface area contributed by atoms with Gasteiger partial charge in [0.1, 0.15) is 0 Å². The highest BCUT2D eigenvalue weighted by atomic mass is 16.4. The first-order chi connectivity index (χ1) is 8.28. The van der Waals surface area contributed by atoms with E-state index in [9.17, 15) is 9.59 Å². The molecule has 0 aromatic rings. The van der Waals surface area contributed by atoms with E-state index in [1.54, 1.807) is 0 Å². The maximum Gasteiger partial charge on any atom is 0.305 e. The number of hydrogen-bond acceptors (Lipinski definition) is 2. The van der Waals surface area contributed by atoms with Crippen molar-refractivity contribution in [1.82, 2.24) is 5.32 Å². The molecule has 0 saturated heterocycles. The Bertz CT molecular complexity index is 301. The lowest BCUT2D eigenvalue weighted by Gasteiger charge is -2.26. The molecule has 18 heavy (non-hydrogen) atoms. The molecule has 1 amide bonds. The Morgan fingerprint density at radius 3 is 2.28 bits per heavy atom. The normalized spacial score (nSPS) is 18.6. The van der Waals surface area contributed by atoms with Crippen molar-refractivity contribution < 1.29 is 14.7 Å². The molecule has 4 heteroatoms. The van der Waals surface area contributed by atoms with Gasteiger partial charge in [-0.1, -0.05) is 33.6 Å². The van der Waals surface area contributed by atoms with Gasteiger partial charge in [-0.2, -0.15) is 0 Å². The van der Waals surface area contributed by atoms with E-state index in [1.807, 2.05) is 0 Å². The van der Waals surface area contributed by atoms with Gasteiger partial charge >= 0.3 is 5.97 Å². The Kier molecular flexibility index (Phi) is 5.17. The van der Waals surface area contributed by atoms with E-state index in [2.05, 4.69) is 26.1 Å². The molecule has 1 unspecified atom stereocenters. The minimum absolute atomic E-state index is 0.00965. The van der Waals surface area contributed by atoms with Gasteiger partial charge in [0.2, 0.25) is 5.91 Å². The fourth-order valence-electron chi connectivity index (χ4n) is 2.63. The number of nitrogens with one attached hydrogen (secondary N) is 1. The fraction of sp³-hybridized carbons (Fsp3) is 0.857. The molecule has 0 spiro atoms. The molecule has 1 fully saturated rings. The van der Waals surface area contributed by atoms with E-state index in [0.29, 0.717) is 6.42 Å². The van der Waals surface area contributed by atoms with Crippen LogP contribution in [0.4, 0.5) is 0 Å². The van der Waals surface area contributed by atoms with Gasteiger partial charge in [0, 0.05) is 12.0 Å². The van der Waals surface area contributed by atoms with E-state index in [-0.39, 0.29) is 29.7 Å². The van der Waals surface area contributed by atoms with Gasteiger partial charge in [0.15, 0.2) is 0 Å². The molecule has 0 radical (unpaired) electrons. The lowest BCUT2D eigenvalue weighted by Crippen LogP contribution is -2.41. The van der Waals surface area contributed by atoms with Gasteiger partial charge in [-0.25, -0.2) is 0 Å². The second kappa shape index (κ2) is 6.21. The average Bonchev–Trinajstić information content (AvgIpc) is 2.65. The maximum absolute atomic E-state index is 12.0. The van der Waals surface area contributed by atoms with Crippen LogP contribution in [-0.4, -0.2) is 23.0 Å². The van der Waals surface area contributed by atoms with Crippen molar-refractivity contribution in [1.29, 1.82) is 0 Å². The summed E-state index contributed by atoms with van der Waals surface area (Å²) in [6.07, 6.45) is 4.82. The molecule has 1 saturated carbocycles. The molecule has 0 aromatic heterocycles. The largest absolute Gasteiger partial charge is 0.481 e. The van der Waals surface area contributed by atoms with Crippen molar-refractivity contribution in [3.63, 3.8) is 0 Å². The summed E-state index contributed by atoms with van der Waals surface area (Å²) < 4.78 is 0. The number of carbonyl (C=O) groups is 2. The zero-order chi connectivity index (χ0) is 13.8. The highest BCUT2D eigenvalue weighted by Crippen LogP contribution is 2.26. The summed E-state index contributed by atoms with van der Waals surface area (Å²) in [6, 6.07) is -0.254. The highest BCUT2D eigenvalue weighted by molar-refractivity contribution is 5.80. The Morgan fingerprint density at radius 1 is 1.28 bits per heavy atom. The first-order valence-corrected chi connectivity index (χ1v) is 6.80. The quantitative estimate of drug-likeness (QED) is 0.793. The first-order valence-electron chi connectivity index (χ1n) is 6.80. The minimum atomic E-state index is -0.851. The van der Waals surface area contributed by atoms with E-state index in [0.717, 1.165) is 25.7 Å². The molecule has 0 heterocycles. The third-order valence-electron chi connectivity index (χ3n) is 3.35. The summed E-state index contributed by atoms with van der Waals surface area (Å²) in [5.74, 6) is -0.708. The zero-order valence-electron chi connectivity index (χ0n) is 11.7. The van der Waals surface area contributed by atoms with Crippen LogP contribution in [0.3, 0.4) is 0 Å². The second-order valence-electron chi connectivity index (χ2n) is 6.55. The molecule has 104 valence electrons. The molecular weight excluding hydrogens is 230 g/mol. The fourth-order valence-corrected chi connectivity index (χ4v) is 2.63. The average molecular weight is 255 g/mol. The molecule has 1 aliphatic carbocycles. The molecule has 0 bridgehead atoms. The van der Waals surface area contributed by atoms with Gasteiger partial charge in [-0.3, -0.25) is 9.59 Å². The summed E-state index contributed by atoms with van der Waals surface area (Å²) >= 11 is 0. The van der Waals surface area contributed by atoms with Gasteiger partial charge in [-0.15, -0.1) is 0 Å². The third-order valence-corrected chi connectivity index (χ3v) is 3.35. The Labute approximate surface area is 109 Å². The number of hydrogen-bond donors (Lipinski definition) is 2. The van der Waals surface area contributed by atoms with Crippen molar-refractivity contribution in [3.05, 3.63) is 0 Å². The number of carboxylic acids is 1. The van der Waals surface area contributed by atoms with E-state index < -0.39 is 5.97 Å².